The molecule has 3 heteroatoms. The van der Waals surface area contributed by atoms with E-state index in [2.05, 4.69) is 29.6 Å². The summed E-state index contributed by atoms with van der Waals surface area (Å²) < 4.78 is 0. The second-order valence-corrected chi connectivity index (χ2v) is 4.20. The fourth-order valence-corrected chi connectivity index (χ4v) is 2.22. The molecule has 0 aliphatic carbocycles. The van der Waals surface area contributed by atoms with Gasteiger partial charge in [0.2, 0.25) is 0 Å². The van der Waals surface area contributed by atoms with Crippen molar-refractivity contribution in [2.75, 3.05) is 19.4 Å². The lowest BCUT2D eigenvalue weighted by molar-refractivity contribution is 0.260. The van der Waals surface area contributed by atoms with E-state index in [1.54, 1.807) is 0 Å². The second-order valence-electron chi connectivity index (χ2n) is 3.17. The number of thioether (sulfide) groups is 1. The molecule has 0 bridgehead atoms. The average molecular weight is 211 g/mol. The van der Waals surface area contributed by atoms with Gasteiger partial charge in [-0.1, -0.05) is 30.3 Å². The molecule has 1 atom stereocenters. The summed E-state index contributed by atoms with van der Waals surface area (Å²) in [7, 11) is 1.88. The van der Waals surface area contributed by atoms with Gasteiger partial charge in [-0.25, -0.2) is 0 Å². The van der Waals surface area contributed by atoms with Crippen molar-refractivity contribution in [2.24, 2.45) is 0 Å². The van der Waals surface area contributed by atoms with Crippen molar-refractivity contribution in [3.63, 3.8) is 0 Å². The SMILES string of the molecule is CNC(CO)CSCc1ccccc1. The summed E-state index contributed by atoms with van der Waals surface area (Å²) in [5.74, 6) is 1.96. The van der Waals surface area contributed by atoms with Gasteiger partial charge in [0.05, 0.1) is 6.61 Å². The molecule has 0 spiro atoms. The van der Waals surface area contributed by atoms with Crippen LogP contribution in [0.5, 0.6) is 0 Å². The Labute approximate surface area is 89.7 Å². The van der Waals surface area contributed by atoms with Gasteiger partial charge in [-0.15, -0.1) is 0 Å². The maximum absolute atomic E-state index is 8.95. The summed E-state index contributed by atoms with van der Waals surface area (Å²) >= 11 is 1.84. The van der Waals surface area contributed by atoms with Crippen LogP contribution < -0.4 is 5.32 Å². The Kier molecular flexibility index (Phi) is 5.68. The van der Waals surface area contributed by atoms with Crippen molar-refractivity contribution < 1.29 is 5.11 Å². The normalized spacial score (nSPS) is 12.7. The highest BCUT2D eigenvalue weighted by molar-refractivity contribution is 7.98. The van der Waals surface area contributed by atoms with Gasteiger partial charge in [0.15, 0.2) is 0 Å². The number of hydrogen-bond donors (Lipinski definition) is 2. The molecule has 1 unspecified atom stereocenters. The molecule has 0 amide bonds. The first kappa shape index (κ1) is 11.6. The predicted molar refractivity (Wildman–Crippen MR) is 62.5 cm³/mol. The van der Waals surface area contributed by atoms with Gasteiger partial charge in [-0.05, 0) is 12.6 Å². The predicted octanol–water partition coefficient (Wildman–Crippen LogP) is 1.50. The van der Waals surface area contributed by atoms with Gasteiger partial charge < -0.3 is 10.4 Å². The van der Waals surface area contributed by atoms with E-state index in [1.165, 1.54) is 5.56 Å². The Morgan fingerprint density at radius 3 is 2.64 bits per heavy atom. The number of hydrogen-bond acceptors (Lipinski definition) is 3. The summed E-state index contributed by atoms with van der Waals surface area (Å²) in [5, 5.41) is 12.0. The smallest absolute Gasteiger partial charge is 0.0592 e. The fraction of sp³-hybridized carbons (Fsp3) is 0.455. The minimum Gasteiger partial charge on any atom is -0.395 e. The zero-order valence-electron chi connectivity index (χ0n) is 8.44. The van der Waals surface area contributed by atoms with Crippen LogP contribution in [0.4, 0.5) is 0 Å². The molecule has 0 aromatic heterocycles. The number of aliphatic hydroxyl groups is 1. The van der Waals surface area contributed by atoms with Crippen molar-refractivity contribution in [3.8, 4) is 0 Å². The molecule has 2 N–H and O–H groups in total. The molecular weight excluding hydrogens is 194 g/mol. The lowest BCUT2D eigenvalue weighted by atomic mass is 10.2. The third-order valence-corrected chi connectivity index (χ3v) is 3.23. The van der Waals surface area contributed by atoms with Gasteiger partial charge in [-0.3, -0.25) is 0 Å². The highest BCUT2D eigenvalue weighted by Crippen LogP contribution is 2.12. The molecule has 0 heterocycles. The number of nitrogens with one attached hydrogen (secondary N) is 1. The van der Waals surface area contributed by atoms with Crippen molar-refractivity contribution in [3.05, 3.63) is 35.9 Å². The van der Waals surface area contributed by atoms with Crippen molar-refractivity contribution in [1.29, 1.82) is 0 Å². The summed E-state index contributed by atoms with van der Waals surface area (Å²) in [5.41, 5.74) is 1.34. The van der Waals surface area contributed by atoms with Gasteiger partial charge in [0, 0.05) is 17.5 Å². The number of likely N-dealkylation sites (N-methyl/N-ethyl adjacent to an activating group) is 1. The third kappa shape index (κ3) is 4.13. The summed E-state index contributed by atoms with van der Waals surface area (Å²) in [6.07, 6.45) is 0. The third-order valence-electron chi connectivity index (χ3n) is 2.06. The van der Waals surface area contributed by atoms with Crippen LogP contribution in [0.3, 0.4) is 0 Å². The van der Waals surface area contributed by atoms with Gasteiger partial charge in [0.1, 0.15) is 0 Å². The molecule has 14 heavy (non-hydrogen) atoms. The maximum atomic E-state index is 8.95. The van der Waals surface area contributed by atoms with E-state index in [0.717, 1.165) is 11.5 Å². The van der Waals surface area contributed by atoms with Crippen molar-refractivity contribution in [1.82, 2.24) is 5.32 Å². The highest BCUT2D eigenvalue weighted by atomic mass is 32.2. The van der Waals surface area contributed by atoms with Crippen LogP contribution in [0.15, 0.2) is 30.3 Å². The zero-order chi connectivity index (χ0) is 10.2. The molecule has 0 aliphatic heterocycles. The van der Waals surface area contributed by atoms with E-state index in [-0.39, 0.29) is 12.6 Å². The first-order chi connectivity index (χ1) is 6.86. The Morgan fingerprint density at radius 1 is 1.36 bits per heavy atom. The molecule has 1 aromatic rings. The monoisotopic (exact) mass is 211 g/mol. The minimum absolute atomic E-state index is 0.207. The Bertz CT molecular complexity index is 236. The number of benzene rings is 1. The van der Waals surface area contributed by atoms with Gasteiger partial charge in [0.25, 0.3) is 0 Å². The van der Waals surface area contributed by atoms with E-state index >= 15 is 0 Å². The van der Waals surface area contributed by atoms with Crippen molar-refractivity contribution in [2.45, 2.75) is 11.8 Å². The lowest BCUT2D eigenvalue weighted by Gasteiger charge is -2.11. The molecule has 0 aliphatic rings. The van der Waals surface area contributed by atoms with Gasteiger partial charge >= 0.3 is 0 Å². The van der Waals surface area contributed by atoms with E-state index in [0.29, 0.717) is 0 Å². The van der Waals surface area contributed by atoms with Crippen LogP contribution in [0.2, 0.25) is 0 Å². The molecule has 1 aromatic carbocycles. The maximum Gasteiger partial charge on any atom is 0.0592 e. The van der Waals surface area contributed by atoms with Crippen molar-refractivity contribution >= 4 is 11.8 Å². The van der Waals surface area contributed by atoms with E-state index in [9.17, 15) is 0 Å². The molecule has 2 nitrogen and oxygen atoms in total. The lowest BCUT2D eigenvalue weighted by Crippen LogP contribution is -2.31. The topological polar surface area (TPSA) is 32.3 Å². The van der Waals surface area contributed by atoms with E-state index < -0.39 is 0 Å². The summed E-state index contributed by atoms with van der Waals surface area (Å²) in [6, 6.07) is 10.6. The summed E-state index contributed by atoms with van der Waals surface area (Å²) in [4.78, 5) is 0. The number of aliphatic hydroxyl groups excluding tert-OH is 1. The molecule has 1 rings (SSSR count). The first-order valence-corrected chi connectivity index (χ1v) is 5.92. The second kappa shape index (κ2) is 6.87. The van der Waals surface area contributed by atoms with E-state index in [1.807, 2.05) is 24.9 Å². The Balaban J connectivity index is 2.21. The van der Waals surface area contributed by atoms with Crippen LogP contribution in [-0.4, -0.2) is 30.6 Å². The van der Waals surface area contributed by atoms with E-state index in [4.69, 9.17) is 5.11 Å². The molecule has 0 fully saturated rings. The fourth-order valence-electron chi connectivity index (χ4n) is 1.12. The zero-order valence-corrected chi connectivity index (χ0v) is 9.26. The van der Waals surface area contributed by atoms with Crippen LogP contribution in [0.25, 0.3) is 0 Å². The van der Waals surface area contributed by atoms with Crippen LogP contribution in [0, 0.1) is 0 Å². The Morgan fingerprint density at radius 2 is 2.07 bits per heavy atom. The minimum atomic E-state index is 0.207. The molecule has 78 valence electrons. The molecule has 0 radical (unpaired) electrons. The highest BCUT2D eigenvalue weighted by Gasteiger charge is 2.03. The number of rotatable bonds is 6. The van der Waals surface area contributed by atoms with Crippen LogP contribution >= 0.6 is 11.8 Å². The molecular formula is C11H17NOS. The summed E-state index contributed by atoms with van der Waals surface area (Å²) in [6.45, 7) is 0.207. The quantitative estimate of drug-likeness (QED) is 0.748. The molecule has 0 saturated heterocycles. The largest absolute Gasteiger partial charge is 0.395 e. The Hall–Kier alpha value is -0.510. The standard InChI is InChI=1S/C11H17NOS/c1-12-11(7-13)9-14-8-10-5-3-2-4-6-10/h2-6,11-13H,7-9H2,1H3. The molecule has 0 saturated carbocycles. The first-order valence-electron chi connectivity index (χ1n) is 4.76. The average Bonchev–Trinajstić information content (AvgIpc) is 2.26. The van der Waals surface area contributed by atoms with Crippen LogP contribution in [0.1, 0.15) is 5.56 Å². The van der Waals surface area contributed by atoms with Crippen LogP contribution in [-0.2, 0) is 5.75 Å². The van der Waals surface area contributed by atoms with Gasteiger partial charge in [-0.2, -0.15) is 11.8 Å².